The molecule has 3 fully saturated rings. The highest BCUT2D eigenvalue weighted by Gasteiger charge is 2.57. The molecule has 0 N–H and O–H groups in total. The van der Waals surface area contributed by atoms with Crippen LogP contribution in [0.4, 0.5) is 0 Å². The summed E-state index contributed by atoms with van der Waals surface area (Å²) in [7, 11) is 0.237. The average Bonchev–Trinajstić information content (AvgIpc) is 2.90. The molecule has 0 radical (unpaired) electrons. The molecule has 0 bridgehead atoms. The van der Waals surface area contributed by atoms with Crippen LogP contribution in [0.25, 0.3) is 0 Å². The van der Waals surface area contributed by atoms with Gasteiger partial charge in [0.05, 0.1) is 5.71 Å². The Kier molecular flexibility index (Phi) is 4.90. The lowest BCUT2D eigenvalue weighted by atomic mass is 9.48. The first-order valence-electron chi connectivity index (χ1n) is 11.1. The van der Waals surface area contributed by atoms with Crippen molar-refractivity contribution in [1.29, 1.82) is 0 Å². The summed E-state index contributed by atoms with van der Waals surface area (Å²) in [6.07, 6.45) is 13.2. The first-order chi connectivity index (χ1) is 12.6. The van der Waals surface area contributed by atoms with Gasteiger partial charge in [0.2, 0.25) is 0 Å². The van der Waals surface area contributed by atoms with E-state index in [-0.39, 0.29) is 0 Å². The van der Waals surface area contributed by atoms with Crippen molar-refractivity contribution in [1.82, 2.24) is 0 Å². The zero-order valence-corrected chi connectivity index (χ0v) is 19.3. The first-order valence-corrected chi connectivity index (χ1v) is 14.5. The van der Waals surface area contributed by atoms with Crippen molar-refractivity contribution in [2.45, 2.75) is 91.0 Å². The lowest BCUT2D eigenvalue weighted by molar-refractivity contribution is -0.0344. The zero-order valence-electron chi connectivity index (χ0n) is 18.3. The Labute approximate surface area is 167 Å². The van der Waals surface area contributed by atoms with Crippen LogP contribution < -0.4 is 0 Å². The zero-order chi connectivity index (χ0) is 19.4. The third kappa shape index (κ3) is 3.46. The normalized spacial score (nSPS) is 45.7. The van der Waals surface area contributed by atoms with Gasteiger partial charge in [-0.1, -0.05) is 30.7 Å². The van der Waals surface area contributed by atoms with Crippen molar-refractivity contribution >= 4 is 14.0 Å². The van der Waals surface area contributed by atoms with Gasteiger partial charge < -0.3 is 9.26 Å². The van der Waals surface area contributed by atoms with E-state index >= 15 is 0 Å². The Morgan fingerprint density at radius 2 is 1.85 bits per heavy atom. The van der Waals surface area contributed by atoms with Gasteiger partial charge in [-0.25, -0.2) is 0 Å². The summed E-state index contributed by atoms with van der Waals surface area (Å²) in [5.74, 6) is 2.47. The van der Waals surface area contributed by atoms with Crippen LogP contribution in [0.5, 0.6) is 0 Å². The SMILES string of the molecule is CON=C1CC2C3CC=C4C[C@@H](O[Si](C)(C)C)CCC4(C)C3CCC2(C)C1. The third-order valence-electron chi connectivity index (χ3n) is 8.38. The maximum Gasteiger partial charge on any atom is 0.184 e. The molecular formula is C23H39NO2Si. The fraction of sp³-hybridized carbons (Fsp3) is 0.870. The molecule has 4 rings (SSSR count). The third-order valence-corrected chi connectivity index (χ3v) is 9.42. The summed E-state index contributed by atoms with van der Waals surface area (Å²) in [4.78, 5) is 5.14. The number of fused-ring (bicyclic) bond motifs is 5. The molecule has 3 saturated carbocycles. The Morgan fingerprint density at radius 1 is 1.07 bits per heavy atom. The molecule has 6 atom stereocenters. The van der Waals surface area contributed by atoms with Gasteiger partial charge in [0.15, 0.2) is 8.32 Å². The number of nitrogens with zero attached hydrogens (tertiary/aromatic N) is 1. The van der Waals surface area contributed by atoms with Crippen LogP contribution in [0.3, 0.4) is 0 Å². The largest absolute Gasteiger partial charge is 0.414 e. The molecule has 0 aliphatic heterocycles. The summed E-state index contributed by atoms with van der Waals surface area (Å²) in [6, 6.07) is 0. The molecule has 152 valence electrons. The summed E-state index contributed by atoms with van der Waals surface area (Å²) in [5, 5.41) is 4.36. The minimum Gasteiger partial charge on any atom is -0.414 e. The van der Waals surface area contributed by atoms with Gasteiger partial charge in [0.1, 0.15) is 7.11 Å². The lowest BCUT2D eigenvalue weighted by Gasteiger charge is -2.57. The molecule has 0 amide bonds. The maximum absolute atomic E-state index is 6.50. The first kappa shape index (κ1) is 19.7. The number of oxime groups is 1. The van der Waals surface area contributed by atoms with Crippen molar-refractivity contribution in [3.05, 3.63) is 11.6 Å². The van der Waals surface area contributed by atoms with Crippen molar-refractivity contribution in [2.75, 3.05) is 7.11 Å². The molecular weight excluding hydrogens is 350 g/mol. The van der Waals surface area contributed by atoms with Crippen LogP contribution in [-0.2, 0) is 9.26 Å². The van der Waals surface area contributed by atoms with Crippen molar-refractivity contribution in [3.63, 3.8) is 0 Å². The molecule has 5 unspecified atom stereocenters. The van der Waals surface area contributed by atoms with E-state index in [9.17, 15) is 0 Å². The number of rotatable bonds is 3. The predicted octanol–water partition coefficient (Wildman–Crippen LogP) is 6.17. The van der Waals surface area contributed by atoms with E-state index in [0.29, 0.717) is 16.9 Å². The van der Waals surface area contributed by atoms with E-state index < -0.39 is 8.32 Å². The van der Waals surface area contributed by atoms with E-state index in [0.717, 1.165) is 30.6 Å². The predicted molar refractivity (Wildman–Crippen MR) is 114 cm³/mol. The van der Waals surface area contributed by atoms with Gasteiger partial charge in [0, 0.05) is 6.10 Å². The molecule has 27 heavy (non-hydrogen) atoms. The second-order valence-corrected chi connectivity index (χ2v) is 15.7. The minimum atomic E-state index is -1.46. The molecule has 0 saturated heterocycles. The molecule has 4 heteroatoms. The van der Waals surface area contributed by atoms with Gasteiger partial charge in [0.25, 0.3) is 0 Å². The molecule has 4 aliphatic carbocycles. The van der Waals surface area contributed by atoms with Gasteiger partial charge in [-0.3, -0.25) is 0 Å². The molecule has 0 aromatic rings. The van der Waals surface area contributed by atoms with Crippen molar-refractivity contribution < 1.29 is 9.26 Å². The highest BCUT2D eigenvalue weighted by molar-refractivity contribution is 6.69. The standard InChI is InChI=1S/C23H39NO2Si/c1-22-11-10-20-19(21(22)14-17(15-22)24-25-3)8-7-16-13-18(26-27(4,5)6)9-12-23(16,20)2/h7,18-21H,8-15H2,1-6H3/t18-,19?,20?,21?,22?,23?/m0/s1. The van der Waals surface area contributed by atoms with Crippen LogP contribution in [-0.4, -0.2) is 27.2 Å². The van der Waals surface area contributed by atoms with Crippen molar-refractivity contribution in [2.24, 2.45) is 33.7 Å². The van der Waals surface area contributed by atoms with Crippen LogP contribution in [0.15, 0.2) is 16.8 Å². The minimum absolute atomic E-state index is 0.407. The summed E-state index contributed by atoms with van der Waals surface area (Å²) >= 11 is 0. The number of hydrogen-bond acceptors (Lipinski definition) is 3. The quantitative estimate of drug-likeness (QED) is 0.328. The van der Waals surface area contributed by atoms with E-state index in [1.807, 2.05) is 0 Å². The summed E-state index contributed by atoms with van der Waals surface area (Å²) < 4.78 is 6.50. The Morgan fingerprint density at radius 3 is 2.56 bits per heavy atom. The van der Waals surface area contributed by atoms with Crippen LogP contribution in [0.1, 0.15) is 65.2 Å². The second kappa shape index (κ2) is 6.72. The van der Waals surface area contributed by atoms with Gasteiger partial charge in [-0.15, -0.1) is 0 Å². The van der Waals surface area contributed by atoms with E-state index in [1.54, 1.807) is 12.7 Å². The Bertz CT molecular complexity index is 651. The number of hydrogen-bond donors (Lipinski definition) is 0. The molecule has 0 spiro atoms. The monoisotopic (exact) mass is 389 g/mol. The van der Waals surface area contributed by atoms with E-state index in [1.165, 1.54) is 44.2 Å². The Hall–Kier alpha value is -0.613. The maximum atomic E-state index is 6.50. The highest BCUT2D eigenvalue weighted by atomic mass is 28.4. The lowest BCUT2D eigenvalue weighted by Crippen LogP contribution is -2.50. The fourth-order valence-electron chi connectivity index (χ4n) is 7.23. The highest BCUT2D eigenvalue weighted by Crippen LogP contribution is 2.64. The van der Waals surface area contributed by atoms with Crippen LogP contribution in [0, 0.1) is 28.6 Å². The van der Waals surface area contributed by atoms with Gasteiger partial charge in [-0.05, 0) is 99.6 Å². The van der Waals surface area contributed by atoms with Crippen LogP contribution >= 0.6 is 0 Å². The molecule has 0 heterocycles. The van der Waals surface area contributed by atoms with Gasteiger partial charge >= 0.3 is 0 Å². The smallest absolute Gasteiger partial charge is 0.184 e. The summed E-state index contributed by atoms with van der Waals surface area (Å²) in [5.41, 5.74) is 3.88. The molecule has 4 aliphatic rings. The molecule has 0 aromatic carbocycles. The van der Waals surface area contributed by atoms with E-state index in [4.69, 9.17) is 9.26 Å². The van der Waals surface area contributed by atoms with Crippen molar-refractivity contribution in [3.8, 4) is 0 Å². The fourth-order valence-corrected chi connectivity index (χ4v) is 8.43. The molecule has 3 nitrogen and oxygen atoms in total. The Balaban J connectivity index is 1.56. The average molecular weight is 390 g/mol. The second-order valence-electron chi connectivity index (χ2n) is 11.3. The number of allylic oxidation sites excluding steroid dienone is 1. The molecule has 0 aromatic heterocycles. The van der Waals surface area contributed by atoms with Gasteiger partial charge in [-0.2, -0.15) is 0 Å². The van der Waals surface area contributed by atoms with E-state index in [2.05, 4.69) is 44.7 Å². The summed E-state index contributed by atoms with van der Waals surface area (Å²) in [6.45, 7) is 12.1. The topological polar surface area (TPSA) is 30.8 Å². The van der Waals surface area contributed by atoms with Crippen LogP contribution in [0.2, 0.25) is 19.6 Å².